The van der Waals surface area contributed by atoms with Gasteiger partial charge in [0.15, 0.2) is 0 Å². The van der Waals surface area contributed by atoms with Gasteiger partial charge in [-0.1, -0.05) is 24.3 Å². The van der Waals surface area contributed by atoms with E-state index in [1.54, 1.807) is 0 Å². The van der Waals surface area contributed by atoms with Crippen LogP contribution in [0.4, 0.5) is 0 Å². The third kappa shape index (κ3) is 4.89. The average Bonchev–Trinajstić information content (AvgIpc) is 3.64. The van der Waals surface area contributed by atoms with Crippen molar-refractivity contribution in [3.63, 3.8) is 0 Å². The summed E-state index contributed by atoms with van der Waals surface area (Å²) in [5.41, 5.74) is 3.44. The maximum Gasteiger partial charge on any atom is 0.495 e. The van der Waals surface area contributed by atoms with Crippen LogP contribution in [0.3, 0.4) is 0 Å². The maximum absolute atomic E-state index is 13.4. The maximum atomic E-state index is 13.4. The van der Waals surface area contributed by atoms with Gasteiger partial charge in [0.05, 0.1) is 23.3 Å². The van der Waals surface area contributed by atoms with Crippen LogP contribution in [-0.4, -0.2) is 48.2 Å². The van der Waals surface area contributed by atoms with Gasteiger partial charge in [0.2, 0.25) is 0 Å². The van der Waals surface area contributed by atoms with E-state index >= 15 is 0 Å². The Morgan fingerprint density at radius 2 is 1.81 bits per heavy atom. The van der Waals surface area contributed by atoms with Crippen molar-refractivity contribution in [1.82, 2.24) is 4.90 Å². The SMILES string of the molecule is CC(=O)OCc1cc(CN2CCOc3cc(C4CC4)ccc3C2=O)ccc1B1OC(C)(C)C(C)(C)O1. The minimum absolute atomic E-state index is 0.0404. The molecule has 0 radical (unpaired) electrons. The summed E-state index contributed by atoms with van der Waals surface area (Å²) < 4.78 is 23.8. The molecule has 1 amide bonds. The Morgan fingerprint density at radius 1 is 1.08 bits per heavy atom. The van der Waals surface area contributed by atoms with E-state index in [0.717, 1.165) is 16.6 Å². The van der Waals surface area contributed by atoms with Gasteiger partial charge in [0, 0.05) is 13.5 Å². The first kappa shape index (κ1) is 24.8. The largest absolute Gasteiger partial charge is 0.495 e. The molecule has 3 aliphatic rings. The van der Waals surface area contributed by atoms with Gasteiger partial charge in [-0.15, -0.1) is 0 Å². The molecule has 0 atom stereocenters. The molecule has 0 N–H and O–H groups in total. The molecule has 36 heavy (non-hydrogen) atoms. The zero-order chi connectivity index (χ0) is 25.7. The monoisotopic (exact) mass is 491 g/mol. The van der Waals surface area contributed by atoms with Gasteiger partial charge in [-0.05, 0) is 80.7 Å². The number of fused-ring (bicyclic) bond motifs is 1. The van der Waals surface area contributed by atoms with E-state index < -0.39 is 18.3 Å². The molecule has 2 heterocycles. The molecule has 8 heteroatoms. The van der Waals surface area contributed by atoms with Crippen molar-refractivity contribution in [2.75, 3.05) is 13.2 Å². The van der Waals surface area contributed by atoms with E-state index in [4.69, 9.17) is 18.8 Å². The summed E-state index contributed by atoms with van der Waals surface area (Å²) in [4.78, 5) is 26.8. The Labute approximate surface area is 213 Å². The van der Waals surface area contributed by atoms with Crippen molar-refractivity contribution >= 4 is 24.5 Å². The lowest BCUT2D eigenvalue weighted by Crippen LogP contribution is -2.41. The van der Waals surface area contributed by atoms with Crippen LogP contribution in [0, 0.1) is 0 Å². The molecule has 2 aromatic rings. The molecule has 1 saturated heterocycles. The Balaban J connectivity index is 1.39. The zero-order valence-electron chi connectivity index (χ0n) is 21.8. The van der Waals surface area contributed by atoms with Crippen LogP contribution in [0.25, 0.3) is 0 Å². The predicted molar refractivity (Wildman–Crippen MR) is 136 cm³/mol. The van der Waals surface area contributed by atoms with Gasteiger partial charge < -0.3 is 23.7 Å². The van der Waals surface area contributed by atoms with Crippen LogP contribution in [0.2, 0.25) is 0 Å². The second kappa shape index (κ2) is 9.23. The van der Waals surface area contributed by atoms with Crippen molar-refractivity contribution in [3.8, 4) is 5.75 Å². The van der Waals surface area contributed by atoms with E-state index in [2.05, 4.69) is 6.07 Å². The van der Waals surface area contributed by atoms with E-state index in [0.29, 0.717) is 36.9 Å². The number of carbonyl (C=O) groups is 2. The molecule has 5 rings (SSSR count). The molecule has 1 aliphatic carbocycles. The number of hydrogen-bond acceptors (Lipinski definition) is 6. The normalized spacial score (nSPS) is 20.5. The first-order valence-electron chi connectivity index (χ1n) is 12.7. The second-order valence-corrected chi connectivity index (χ2v) is 11.0. The number of nitrogens with zero attached hydrogens (tertiary/aromatic N) is 1. The highest BCUT2D eigenvalue weighted by atomic mass is 16.7. The van der Waals surface area contributed by atoms with E-state index in [-0.39, 0.29) is 18.5 Å². The Morgan fingerprint density at radius 3 is 2.47 bits per heavy atom. The van der Waals surface area contributed by atoms with Crippen molar-refractivity contribution in [2.24, 2.45) is 0 Å². The van der Waals surface area contributed by atoms with Crippen LogP contribution in [0.5, 0.6) is 5.75 Å². The van der Waals surface area contributed by atoms with Gasteiger partial charge >= 0.3 is 13.1 Å². The standard InChI is InChI=1S/C28H34BNO6/c1-18(31)34-17-22-14-19(6-11-24(22)29-35-27(2,3)28(4,5)36-29)16-30-12-13-33-25-15-21(20-7-8-20)9-10-23(25)26(30)32/h6,9-11,14-15,20H,7-8,12-13,16-17H2,1-5H3. The van der Waals surface area contributed by atoms with E-state index in [9.17, 15) is 9.59 Å². The molecule has 2 aromatic carbocycles. The lowest BCUT2D eigenvalue weighted by molar-refractivity contribution is -0.142. The minimum Gasteiger partial charge on any atom is -0.491 e. The van der Waals surface area contributed by atoms with Crippen molar-refractivity contribution in [2.45, 2.75) is 77.7 Å². The minimum atomic E-state index is -0.574. The summed E-state index contributed by atoms with van der Waals surface area (Å²) in [5.74, 6) is 0.883. The molecule has 2 aliphatic heterocycles. The summed E-state index contributed by atoms with van der Waals surface area (Å²) >= 11 is 0. The van der Waals surface area contributed by atoms with Gasteiger partial charge in [-0.25, -0.2) is 0 Å². The fourth-order valence-electron chi connectivity index (χ4n) is 4.68. The first-order chi connectivity index (χ1) is 17.0. The number of carbonyl (C=O) groups excluding carboxylic acids is 2. The smallest absolute Gasteiger partial charge is 0.491 e. The lowest BCUT2D eigenvalue weighted by atomic mass is 9.75. The summed E-state index contributed by atoms with van der Waals surface area (Å²) in [7, 11) is -0.574. The van der Waals surface area contributed by atoms with Crippen molar-refractivity contribution in [3.05, 3.63) is 58.7 Å². The van der Waals surface area contributed by atoms with Gasteiger partial charge in [0.25, 0.3) is 5.91 Å². The topological polar surface area (TPSA) is 74.3 Å². The van der Waals surface area contributed by atoms with Crippen LogP contribution >= 0.6 is 0 Å². The third-order valence-electron chi connectivity index (χ3n) is 7.71. The molecule has 7 nitrogen and oxygen atoms in total. The lowest BCUT2D eigenvalue weighted by Gasteiger charge is -2.32. The number of amides is 1. The molecular formula is C28H34BNO6. The van der Waals surface area contributed by atoms with Crippen LogP contribution in [0.15, 0.2) is 36.4 Å². The highest BCUT2D eigenvalue weighted by molar-refractivity contribution is 6.62. The molecule has 0 bridgehead atoms. The number of esters is 1. The van der Waals surface area contributed by atoms with Crippen molar-refractivity contribution < 1.29 is 28.4 Å². The molecule has 0 aromatic heterocycles. The third-order valence-corrected chi connectivity index (χ3v) is 7.71. The number of hydrogen-bond donors (Lipinski definition) is 0. The second-order valence-electron chi connectivity index (χ2n) is 11.0. The molecule has 0 unspecified atom stereocenters. The Kier molecular flexibility index (Phi) is 6.37. The van der Waals surface area contributed by atoms with Crippen molar-refractivity contribution in [1.29, 1.82) is 0 Å². The van der Waals surface area contributed by atoms with Crippen LogP contribution < -0.4 is 10.2 Å². The number of ether oxygens (including phenoxy) is 2. The summed E-state index contributed by atoms with van der Waals surface area (Å²) in [6.07, 6.45) is 2.41. The van der Waals surface area contributed by atoms with Gasteiger partial charge in [-0.3, -0.25) is 9.59 Å². The first-order valence-corrected chi connectivity index (χ1v) is 12.7. The van der Waals surface area contributed by atoms with Gasteiger partial charge in [-0.2, -0.15) is 0 Å². The van der Waals surface area contributed by atoms with E-state index in [1.165, 1.54) is 25.3 Å². The summed E-state index contributed by atoms with van der Waals surface area (Å²) in [5, 5.41) is 0. The average molecular weight is 491 g/mol. The summed E-state index contributed by atoms with van der Waals surface area (Å²) in [6.45, 7) is 10.9. The molecular weight excluding hydrogens is 457 g/mol. The van der Waals surface area contributed by atoms with Crippen LogP contribution in [0.1, 0.15) is 80.4 Å². The zero-order valence-corrected chi connectivity index (χ0v) is 21.8. The quantitative estimate of drug-likeness (QED) is 0.450. The fourth-order valence-corrected chi connectivity index (χ4v) is 4.68. The Bertz CT molecular complexity index is 1170. The van der Waals surface area contributed by atoms with Crippen LogP contribution in [-0.2, 0) is 32.0 Å². The predicted octanol–water partition coefficient (Wildman–Crippen LogP) is 3.96. The molecule has 0 spiro atoms. The fraction of sp³-hybridized carbons (Fsp3) is 0.500. The Hall–Kier alpha value is -2.84. The molecule has 1 saturated carbocycles. The molecule has 190 valence electrons. The van der Waals surface area contributed by atoms with E-state index in [1.807, 2.05) is 62.9 Å². The highest BCUT2D eigenvalue weighted by Gasteiger charge is 2.52. The summed E-state index contributed by atoms with van der Waals surface area (Å²) in [6, 6.07) is 11.9. The van der Waals surface area contributed by atoms with Gasteiger partial charge in [0.1, 0.15) is 19.0 Å². The molecule has 2 fully saturated rings. The number of benzene rings is 2. The number of rotatable bonds is 6. The highest BCUT2D eigenvalue weighted by Crippen LogP contribution is 2.42.